The Morgan fingerprint density at radius 3 is 2.81 bits per heavy atom. The summed E-state index contributed by atoms with van der Waals surface area (Å²) in [6, 6.07) is 6.79. The van der Waals surface area contributed by atoms with Crippen LogP contribution in [0, 0.1) is 6.92 Å². The van der Waals surface area contributed by atoms with Gasteiger partial charge in [-0.3, -0.25) is 4.68 Å². The monoisotopic (exact) mass is 235 g/mol. The van der Waals surface area contributed by atoms with Gasteiger partial charge in [0.1, 0.15) is 0 Å². The first-order chi connectivity index (χ1) is 7.65. The van der Waals surface area contributed by atoms with Crippen LogP contribution < -0.4 is 5.32 Å². The van der Waals surface area contributed by atoms with Crippen molar-refractivity contribution in [2.75, 3.05) is 0 Å². The normalized spacial score (nSPS) is 12.9. The van der Waals surface area contributed by atoms with Crippen molar-refractivity contribution in [1.29, 1.82) is 0 Å². The second-order valence-corrected chi connectivity index (χ2v) is 5.35. The van der Waals surface area contributed by atoms with E-state index in [2.05, 4.69) is 36.4 Å². The Balaban J connectivity index is 1.91. The molecular weight excluding hydrogens is 218 g/mol. The van der Waals surface area contributed by atoms with Crippen molar-refractivity contribution in [3.63, 3.8) is 0 Å². The van der Waals surface area contributed by atoms with Gasteiger partial charge in [0, 0.05) is 35.6 Å². The van der Waals surface area contributed by atoms with Crippen molar-refractivity contribution in [3.05, 3.63) is 39.8 Å². The van der Waals surface area contributed by atoms with E-state index in [-0.39, 0.29) is 0 Å². The Morgan fingerprint density at radius 1 is 1.44 bits per heavy atom. The van der Waals surface area contributed by atoms with Crippen molar-refractivity contribution in [2.24, 2.45) is 7.05 Å². The van der Waals surface area contributed by atoms with Crippen LogP contribution in [-0.2, 0) is 13.6 Å². The summed E-state index contributed by atoms with van der Waals surface area (Å²) in [5, 5.41) is 7.82. The fourth-order valence-corrected chi connectivity index (χ4v) is 2.51. The third-order valence-electron chi connectivity index (χ3n) is 2.55. The first-order valence-corrected chi connectivity index (χ1v) is 6.25. The van der Waals surface area contributed by atoms with Gasteiger partial charge in [-0.1, -0.05) is 0 Å². The van der Waals surface area contributed by atoms with E-state index in [0.717, 1.165) is 12.2 Å². The maximum atomic E-state index is 4.34. The van der Waals surface area contributed by atoms with Crippen LogP contribution in [0.25, 0.3) is 0 Å². The minimum atomic E-state index is 0.390. The lowest BCUT2D eigenvalue weighted by Gasteiger charge is -2.10. The SMILES string of the molecule is Cc1ccc(C(C)NCc2ccn(C)n2)s1. The van der Waals surface area contributed by atoms with Crippen molar-refractivity contribution < 1.29 is 0 Å². The summed E-state index contributed by atoms with van der Waals surface area (Å²) in [5.41, 5.74) is 1.09. The van der Waals surface area contributed by atoms with Gasteiger partial charge in [0.15, 0.2) is 0 Å². The van der Waals surface area contributed by atoms with Gasteiger partial charge in [0.2, 0.25) is 0 Å². The molecule has 0 aliphatic carbocycles. The Morgan fingerprint density at radius 2 is 2.25 bits per heavy atom. The van der Waals surface area contributed by atoms with Gasteiger partial charge in [-0.2, -0.15) is 5.10 Å². The maximum Gasteiger partial charge on any atom is 0.0762 e. The number of hydrogen-bond acceptors (Lipinski definition) is 3. The molecule has 0 aromatic carbocycles. The third-order valence-corrected chi connectivity index (χ3v) is 3.73. The topological polar surface area (TPSA) is 29.9 Å². The fourth-order valence-electron chi connectivity index (χ4n) is 1.60. The molecule has 86 valence electrons. The van der Waals surface area contributed by atoms with E-state index < -0.39 is 0 Å². The molecule has 0 aliphatic rings. The zero-order chi connectivity index (χ0) is 11.5. The van der Waals surface area contributed by atoms with Crippen LogP contribution in [0.1, 0.15) is 28.4 Å². The Labute approximate surface area is 100 Å². The average molecular weight is 235 g/mol. The fraction of sp³-hybridized carbons (Fsp3) is 0.417. The Bertz CT molecular complexity index is 458. The van der Waals surface area contributed by atoms with Gasteiger partial charge in [-0.25, -0.2) is 0 Å². The van der Waals surface area contributed by atoms with E-state index in [1.807, 2.05) is 35.3 Å². The van der Waals surface area contributed by atoms with Crippen LogP contribution in [0.3, 0.4) is 0 Å². The molecule has 2 aromatic heterocycles. The molecule has 4 heteroatoms. The molecule has 0 spiro atoms. The van der Waals surface area contributed by atoms with E-state index in [1.165, 1.54) is 9.75 Å². The standard InChI is InChI=1S/C12H17N3S/c1-9-4-5-12(16-9)10(2)13-8-11-6-7-15(3)14-11/h4-7,10,13H,8H2,1-3H3. The molecular formula is C12H17N3S. The number of aromatic nitrogens is 2. The van der Waals surface area contributed by atoms with Crippen LogP contribution in [0.2, 0.25) is 0 Å². The lowest BCUT2D eigenvalue weighted by molar-refractivity contribution is 0.569. The number of thiophene rings is 1. The van der Waals surface area contributed by atoms with E-state index >= 15 is 0 Å². The lowest BCUT2D eigenvalue weighted by atomic mass is 10.2. The highest BCUT2D eigenvalue weighted by atomic mass is 32.1. The summed E-state index contributed by atoms with van der Waals surface area (Å²) in [6.45, 7) is 5.15. The van der Waals surface area contributed by atoms with Crippen LogP contribution in [0.4, 0.5) is 0 Å². The molecule has 0 saturated heterocycles. The summed E-state index contributed by atoms with van der Waals surface area (Å²) in [6.07, 6.45) is 1.97. The highest BCUT2D eigenvalue weighted by molar-refractivity contribution is 7.12. The minimum Gasteiger partial charge on any atom is -0.304 e. The first-order valence-electron chi connectivity index (χ1n) is 5.43. The number of hydrogen-bond donors (Lipinski definition) is 1. The summed E-state index contributed by atoms with van der Waals surface area (Å²) in [5.74, 6) is 0. The smallest absolute Gasteiger partial charge is 0.0762 e. The number of aryl methyl sites for hydroxylation is 2. The molecule has 2 rings (SSSR count). The van der Waals surface area contributed by atoms with E-state index in [9.17, 15) is 0 Å². The van der Waals surface area contributed by atoms with Crippen LogP contribution >= 0.6 is 11.3 Å². The Kier molecular flexibility index (Phi) is 3.41. The molecule has 16 heavy (non-hydrogen) atoms. The third kappa shape index (κ3) is 2.71. The summed E-state index contributed by atoms with van der Waals surface area (Å²) in [4.78, 5) is 2.75. The highest BCUT2D eigenvalue weighted by Gasteiger charge is 2.07. The molecule has 2 heterocycles. The summed E-state index contributed by atoms with van der Waals surface area (Å²) in [7, 11) is 1.94. The first kappa shape index (κ1) is 11.4. The van der Waals surface area contributed by atoms with E-state index in [1.54, 1.807) is 0 Å². The second-order valence-electron chi connectivity index (χ2n) is 4.03. The number of nitrogens with one attached hydrogen (secondary N) is 1. The number of rotatable bonds is 4. The van der Waals surface area contributed by atoms with Gasteiger partial charge in [-0.15, -0.1) is 11.3 Å². The molecule has 1 atom stereocenters. The molecule has 1 unspecified atom stereocenters. The van der Waals surface area contributed by atoms with E-state index in [0.29, 0.717) is 6.04 Å². The van der Waals surface area contributed by atoms with Gasteiger partial charge in [0.05, 0.1) is 5.69 Å². The molecule has 0 bridgehead atoms. The second kappa shape index (κ2) is 4.80. The van der Waals surface area contributed by atoms with Crippen molar-refractivity contribution in [2.45, 2.75) is 26.4 Å². The predicted octanol–water partition coefficient (Wildman–Crippen LogP) is 2.64. The lowest BCUT2D eigenvalue weighted by Crippen LogP contribution is -2.17. The van der Waals surface area contributed by atoms with Crippen LogP contribution in [0.15, 0.2) is 24.4 Å². The predicted molar refractivity (Wildman–Crippen MR) is 67.5 cm³/mol. The molecule has 1 N–H and O–H groups in total. The molecule has 3 nitrogen and oxygen atoms in total. The summed E-state index contributed by atoms with van der Waals surface area (Å²) >= 11 is 1.85. The van der Waals surface area contributed by atoms with Gasteiger partial charge >= 0.3 is 0 Å². The molecule has 0 fully saturated rings. The van der Waals surface area contributed by atoms with Gasteiger partial charge in [0.25, 0.3) is 0 Å². The quantitative estimate of drug-likeness (QED) is 0.883. The molecule has 0 saturated carbocycles. The Hall–Kier alpha value is -1.13. The summed E-state index contributed by atoms with van der Waals surface area (Å²) < 4.78 is 1.83. The van der Waals surface area contributed by atoms with Gasteiger partial charge in [-0.05, 0) is 32.0 Å². The van der Waals surface area contributed by atoms with Crippen molar-refractivity contribution in [3.8, 4) is 0 Å². The van der Waals surface area contributed by atoms with Crippen molar-refractivity contribution in [1.82, 2.24) is 15.1 Å². The molecule has 0 amide bonds. The largest absolute Gasteiger partial charge is 0.304 e. The van der Waals surface area contributed by atoms with Gasteiger partial charge < -0.3 is 5.32 Å². The number of nitrogens with zero attached hydrogens (tertiary/aromatic N) is 2. The highest BCUT2D eigenvalue weighted by Crippen LogP contribution is 2.22. The average Bonchev–Trinajstić information content (AvgIpc) is 2.84. The van der Waals surface area contributed by atoms with Crippen LogP contribution in [-0.4, -0.2) is 9.78 Å². The molecule has 0 radical (unpaired) electrons. The minimum absolute atomic E-state index is 0.390. The zero-order valence-electron chi connectivity index (χ0n) is 9.90. The zero-order valence-corrected chi connectivity index (χ0v) is 10.7. The van der Waals surface area contributed by atoms with E-state index in [4.69, 9.17) is 0 Å². The van der Waals surface area contributed by atoms with Crippen molar-refractivity contribution >= 4 is 11.3 Å². The van der Waals surface area contributed by atoms with Crippen LogP contribution in [0.5, 0.6) is 0 Å². The maximum absolute atomic E-state index is 4.34. The molecule has 0 aliphatic heterocycles. The molecule has 2 aromatic rings.